The number of amides is 2. The monoisotopic (exact) mass is 366 g/mol. The third-order valence-corrected chi connectivity index (χ3v) is 4.54. The highest BCUT2D eigenvalue weighted by Crippen LogP contribution is 2.30. The first-order valence-corrected chi connectivity index (χ1v) is 8.62. The molecular weight excluding hydrogens is 344 g/mol. The Morgan fingerprint density at radius 1 is 1.00 bits per heavy atom. The second-order valence-electron chi connectivity index (χ2n) is 6.21. The molecule has 0 unspecified atom stereocenters. The summed E-state index contributed by atoms with van der Waals surface area (Å²) in [6, 6.07) is 7.74. The van der Waals surface area contributed by atoms with Crippen LogP contribution in [-0.2, 0) is 9.59 Å². The summed E-state index contributed by atoms with van der Waals surface area (Å²) in [4.78, 5) is 24.3. The van der Waals surface area contributed by atoms with Gasteiger partial charge in [0.1, 0.15) is 0 Å². The molecule has 0 aromatic heterocycles. The highest BCUT2D eigenvalue weighted by molar-refractivity contribution is 9.10. The topological polar surface area (TPSA) is 58.2 Å². The lowest BCUT2D eigenvalue weighted by molar-refractivity contribution is -0.128. The predicted octanol–water partition coefficient (Wildman–Crippen LogP) is 3.72. The molecule has 1 saturated carbocycles. The van der Waals surface area contributed by atoms with E-state index in [1.807, 2.05) is 38.1 Å². The molecule has 22 heavy (non-hydrogen) atoms. The minimum absolute atomic E-state index is 0.00625. The molecule has 5 heteroatoms. The average Bonchev–Trinajstić information content (AvgIpc) is 2.49. The first-order valence-electron chi connectivity index (χ1n) is 7.82. The molecule has 4 nitrogen and oxygen atoms in total. The zero-order chi connectivity index (χ0) is 16.1. The summed E-state index contributed by atoms with van der Waals surface area (Å²) in [5.74, 6) is 0.248. The highest BCUT2D eigenvalue weighted by Gasteiger charge is 2.30. The smallest absolute Gasteiger partial charge is 0.227 e. The number of benzene rings is 1. The Kier molecular flexibility index (Phi) is 6.00. The maximum absolute atomic E-state index is 12.3. The first kappa shape index (κ1) is 17.0. The summed E-state index contributed by atoms with van der Waals surface area (Å²) in [7, 11) is 0. The lowest BCUT2D eigenvalue weighted by Crippen LogP contribution is -2.38. The fourth-order valence-corrected chi connectivity index (χ4v) is 3.06. The number of rotatable bonds is 4. The van der Waals surface area contributed by atoms with Gasteiger partial charge in [-0.05, 0) is 63.8 Å². The molecule has 1 aliphatic rings. The van der Waals surface area contributed by atoms with Gasteiger partial charge >= 0.3 is 0 Å². The van der Waals surface area contributed by atoms with Crippen LogP contribution in [0, 0.1) is 11.8 Å². The van der Waals surface area contributed by atoms with Crippen LogP contribution in [0.1, 0.15) is 39.5 Å². The number of carbonyl (C=O) groups is 2. The second-order valence-corrected chi connectivity index (χ2v) is 7.12. The van der Waals surface area contributed by atoms with Crippen molar-refractivity contribution in [2.45, 2.75) is 45.6 Å². The number of nitrogens with one attached hydrogen (secondary N) is 2. The van der Waals surface area contributed by atoms with Crippen LogP contribution in [0.4, 0.5) is 5.69 Å². The fourth-order valence-electron chi connectivity index (χ4n) is 2.80. The molecule has 0 saturated heterocycles. The van der Waals surface area contributed by atoms with Crippen LogP contribution in [0.15, 0.2) is 28.7 Å². The second kappa shape index (κ2) is 7.77. The summed E-state index contributed by atoms with van der Waals surface area (Å²) in [6.45, 7) is 3.93. The Balaban J connectivity index is 1.82. The molecule has 1 aromatic carbocycles. The van der Waals surface area contributed by atoms with Crippen LogP contribution < -0.4 is 10.6 Å². The van der Waals surface area contributed by atoms with E-state index in [0.717, 1.165) is 35.8 Å². The summed E-state index contributed by atoms with van der Waals surface area (Å²) in [5, 5.41) is 5.91. The Hall–Kier alpha value is -1.36. The van der Waals surface area contributed by atoms with Crippen molar-refractivity contribution in [3.8, 4) is 0 Å². The van der Waals surface area contributed by atoms with Gasteiger partial charge < -0.3 is 10.6 Å². The van der Waals surface area contributed by atoms with Gasteiger partial charge in [0.25, 0.3) is 0 Å². The van der Waals surface area contributed by atoms with E-state index in [2.05, 4.69) is 26.6 Å². The molecular formula is C17H23BrN2O2. The molecule has 2 rings (SSSR count). The van der Waals surface area contributed by atoms with E-state index < -0.39 is 0 Å². The maximum atomic E-state index is 12.3. The molecule has 120 valence electrons. The number of halogens is 1. The van der Waals surface area contributed by atoms with Crippen LogP contribution in [-0.4, -0.2) is 17.9 Å². The van der Waals surface area contributed by atoms with Crippen molar-refractivity contribution in [2.75, 3.05) is 5.32 Å². The van der Waals surface area contributed by atoms with Gasteiger partial charge in [0, 0.05) is 28.0 Å². The van der Waals surface area contributed by atoms with Crippen LogP contribution >= 0.6 is 15.9 Å². The molecule has 0 spiro atoms. The zero-order valence-electron chi connectivity index (χ0n) is 13.1. The van der Waals surface area contributed by atoms with Crippen molar-refractivity contribution in [2.24, 2.45) is 11.8 Å². The maximum Gasteiger partial charge on any atom is 0.227 e. The fraction of sp³-hybridized carbons (Fsp3) is 0.529. The van der Waals surface area contributed by atoms with E-state index in [4.69, 9.17) is 0 Å². The Labute approximate surface area is 140 Å². The zero-order valence-corrected chi connectivity index (χ0v) is 14.7. The standard InChI is InChI=1S/C17H23BrN2O2/c1-11(2)19-16(21)12-3-5-13(6-4-12)17(22)20-15-9-7-14(18)8-10-15/h7-13H,3-6H2,1-2H3,(H,19,21)(H,20,22). The van der Waals surface area contributed by atoms with E-state index in [-0.39, 0.29) is 29.7 Å². The Morgan fingerprint density at radius 2 is 1.50 bits per heavy atom. The van der Waals surface area contributed by atoms with Crippen molar-refractivity contribution in [3.05, 3.63) is 28.7 Å². The van der Waals surface area contributed by atoms with Crippen molar-refractivity contribution in [1.82, 2.24) is 5.32 Å². The van der Waals surface area contributed by atoms with E-state index in [9.17, 15) is 9.59 Å². The van der Waals surface area contributed by atoms with Crippen LogP contribution in [0.25, 0.3) is 0 Å². The Bertz CT molecular complexity index is 520. The SMILES string of the molecule is CC(C)NC(=O)C1CCC(C(=O)Nc2ccc(Br)cc2)CC1. The molecule has 1 fully saturated rings. The van der Waals surface area contributed by atoms with Gasteiger partial charge in [-0.25, -0.2) is 0 Å². The summed E-state index contributed by atoms with van der Waals surface area (Å²) in [5.41, 5.74) is 0.813. The first-order chi connectivity index (χ1) is 10.5. The van der Waals surface area contributed by atoms with Gasteiger partial charge in [-0.3, -0.25) is 9.59 Å². The quantitative estimate of drug-likeness (QED) is 0.852. The summed E-state index contributed by atoms with van der Waals surface area (Å²) >= 11 is 3.37. The van der Waals surface area contributed by atoms with Crippen molar-refractivity contribution in [1.29, 1.82) is 0 Å². The molecule has 1 aliphatic carbocycles. The lowest BCUT2D eigenvalue weighted by Gasteiger charge is -2.27. The van der Waals surface area contributed by atoms with Crippen LogP contribution in [0.3, 0.4) is 0 Å². The van der Waals surface area contributed by atoms with Crippen molar-refractivity contribution in [3.63, 3.8) is 0 Å². The number of anilines is 1. The van der Waals surface area contributed by atoms with Gasteiger partial charge in [0.2, 0.25) is 11.8 Å². The largest absolute Gasteiger partial charge is 0.354 e. The van der Waals surface area contributed by atoms with Gasteiger partial charge in [-0.2, -0.15) is 0 Å². The molecule has 0 heterocycles. The summed E-state index contributed by atoms with van der Waals surface area (Å²) in [6.07, 6.45) is 3.13. The third kappa shape index (κ3) is 4.83. The molecule has 2 N–H and O–H groups in total. The van der Waals surface area contributed by atoms with E-state index in [1.54, 1.807) is 0 Å². The molecule has 1 aromatic rings. The lowest BCUT2D eigenvalue weighted by atomic mass is 9.81. The molecule has 2 amide bonds. The van der Waals surface area contributed by atoms with Gasteiger partial charge in [-0.1, -0.05) is 15.9 Å². The van der Waals surface area contributed by atoms with Gasteiger partial charge in [0.15, 0.2) is 0 Å². The molecule has 0 radical (unpaired) electrons. The molecule has 0 atom stereocenters. The molecule has 0 bridgehead atoms. The van der Waals surface area contributed by atoms with E-state index in [1.165, 1.54) is 0 Å². The van der Waals surface area contributed by atoms with E-state index >= 15 is 0 Å². The van der Waals surface area contributed by atoms with E-state index in [0.29, 0.717) is 0 Å². The Morgan fingerprint density at radius 3 is 2.00 bits per heavy atom. The number of hydrogen-bond acceptors (Lipinski definition) is 2. The minimum Gasteiger partial charge on any atom is -0.354 e. The van der Waals surface area contributed by atoms with Crippen LogP contribution in [0.2, 0.25) is 0 Å². The minimum atomic E-state index is 0.00625. The third-order valence-electron chi connectivity index (χ3n) is 4.01. The summed E-state index contributed by atoms with van der Waals surface area (Å²) < 4.78 is 0.988. The normalized spacial score (nSPS) is 21.5. The average molecular weight is 367 g/mol. The predicted molar refractivity (Wildman–Crippen MR) is 91.5 cm³/mol. The van der Waals surface area contributed by atoms with Crippen molar-refractivity contribution >= 4 is 33.4 Å². The highest BCUT2D eigenvalue weighted by atomic mass is 79.9. The molecule has 0 aliphatic heterocycles. The number of hydrogen-bond donors (Lipinski definition) is 2. The number of carbonyl (C=O) groups excluding carboxylic acids is 2. The van der Waals surface area contributed by atoms with Crippen molar-refractivity contribution < 1.29 is 9.59 Å². The van der Waals surface area contributed by atoms with Gasteiger partial charge in [0.05, 0.1) is 0 Å². The van der Waals surface area contributed by atoms with Crippen LogP contribution in [0.5, 0.6) is 0 Å². The van der Waals surface area contributed by atoms with Gasteiger partial charge in [-0.15, -0.1) is 0 Å².